The third-order valence-corrected chi connectivity index (χ3v) is 3.14. The summed E-state index contributed by atoms with van der Waals surface area (Å²) >= 11 is 11.5. The third kappa shape index (κ3) is 4.14. The fourth-order valence-corrected chi connectivity index (χ4v) is 1.39. The highest BCUT2D eigenvalue weighted by Gasteiger charge is 2.35. The first-order chi connectivity index (χ1) is 7.62. The highest BCUT2D eigenvalue weighted by atomic mass is 35.5. The van der Waals surface area contributed by atoms with Gasteiger partial charge >= 0.3 is 7.48 Å². The van der Waals surface area contributed by atoms with E-state index in [1.807, 2.05) is 0 Å². The molecule has 0 spiro atoms. The van der Waals surface area contributed by atoms with Crippen molar-refractivity contribution >= 4 is 36.1 Å². The molecular formula is C11H15BCl2NO2. The van der Waals surface area contributed by atoms with E-state index >= 15 is 0 Å². The van der Waals surface area contributed by atoms with Crippen LogP contribution in [0.3, 0.4) is 0 Å². The van der Waals surface area contributed by atoms with Crippen LogP contribution in [0.5, 0.6) is 0 Å². The van der Waals surface area contributed by atoms with Gasteiger partial charge in [-0.25, -0.2) is 4.98 Å². The number of hydrogen-bond acceptors (Lipinski definition) is 3. The SMILES string of the molecule is CC(C)(O)C(C)(C)O[B]c1cc(Cl)nc(Cl)c1. The Labute approximate surface area is 112 Å². The quantitative estimate of drug-likeness (QED) is 0.676. The molecule has 93 valence electrons. The molecule has 0 fully saturated rings. The van der Waals surface area contributed by atoms with Gasteiger partial charge in [0.15, 0.2) is 0 Å². The van der Waals surface area contributed by atoms with Crippen molar-refractivity contribution in [2.24, 2.45) is 0 Å². The van der Waals surface area contributed by atoms with E-state index in [0.29, 0.717) is 15.8 Å². The summed E-state index contributed by atoms with van der Waals surface area (Å²) in [7, 11) is 1.51. The summed E-state index contributed by atoms with van der Waals surface area (Å²) < 4.78 is 5.57. The highest BCUT2D eigenvalue weighted by molar-refractivity contribution is 6.48. The van der Waals surface area contributed by atoms with Crippen molar-refractivity contribution in [2.75, 3.05) is 0 Å². The maximum Gasteiger partial charge on any atom is 0.331 e. The number of rotatable bonds is 4. The van der Waals surface area contributed by atoms with Crippen molar-refractivity contribution in [3.8, 4) is 0 Å². The number of nitrogens with zero attached hydrogens (tertiary/aromatic N) is 1. The van der Waals surface area contributed by atoms with Crippen LogP contribution in [-0.2, 0) is 4.65 Å². The van der Waals surface area contributed by atoms with Crippen molar-refractivity contribution in [1.29, 1.82) is 0 Å². The first-order valence-electron chi connectivity index (χ1n) is 5.18. The largest absolute Gasteiger partial charge is 0.427 e. The lowest BCUT2D eigenvalue weighted by atomic mass is 9.83. The molecule has 0 atom stereocenters. The van der Waals surface area contributed by atoms with Crippen LogP contribution >= 0.6 is 23.2 Å². The van der Waals surface area contributed by atoms with E-state index in [2.05, 4.69) is 4.98 Å². The van der Waals surface area contributed by atoms with E-state index < -0.39 is 11.2 Å². The second kappa shape index (κ2) is 5.15. The summed E-state index contributed by atoms with van der Waals surface area (Å²) in [5.74, 6) is 0. The Balaban J connectivity index is 2.74. The number of hydrogen-bond donors (Lipinski definition) is 1. The van der Waals surface area contributed by atoms with Gasteiger partial charge in [0, 0.05) is 0 Å². The summed E-state index contributed by atoms with van der Waals surface area (Å²) in [4.78, 5) is 3.83. The minimum absolute atomic E-state index is 0.299. The Morgan fingerprint density at radius 3 is 2.06 bits per heavy atom. The molecule has 0 aromatic carbocycles. The number of pyridine rings is 1. The first kappa shape index (κ1) is 14.8. The van der Waals surface area contributed by atoms with Crippen LogP contribution in [-0.4, -0.2) is 28.8 Å². The van der Waals surface area contributed by atoms with Crippen LogP contribution in [0.1, 0.15) is 27.7 Å². The second-order valence-corrected chi connectivity index (χ2v) is 5.63. The molecule has 0 bridgehead atoms. The van der Waals surface area contributed by atoms with Crippen LogP contribution in [0.25, 0.3) is 0 Å². The van der Waals surface area contributed by atoms with Gasteiger partial charge in [-0.15, -0.1) is 0 Å². The molecule has 0 saturated heterocycles. The highest BCUT2D eigenvalue weighted by Crippen LogP contribution is 2.24. The predicted molar refractivity (Wildman–Crippen MR) is 71.1 cm³/mol. The van der Waals surface area contributed by atoms with Gasteiger partial charge in [0.25, 0.3) is 0 Å². The van der Waals surface area contributed by atoms with E-state index in [1.54, 1.807) is 39.8 Å². The third-order valence-electron chi connectivity index (χ3n) is 2.75. The van der Waals surface area contributed by atoms with Gasteiger partial charge in [0.1, 0.15) is 10.3 Å². The molecule has 0 amide bonds. The summed E-state index contributed by atoms with van der Waals surface area (Å²) in [6.45, 7) is 6.97. The minimum Gasteiger partial charge on any atom is -0.427 e. The first-order valence-corrected chi connectivity index (χ1v) is 5.94. The zero-order valence-corrected chi connectivity index (χ0v) is 11.8. The summed E-state index contributed by atoms with van der Waals surface area (Å²) in [5, 5.41) is 10.5. The van der Waals surface area contributed by atoms with Gasteiger partial charge in [-0.05, 0) is 45.3 Å². The fourth-order valence-electron chi connectivity index (χ4n) is 0.911. The lowest BCUT2D eigenvalue weighted by Crippen LogP contribution is -2.49. The number of aliphatic hydroxyl groups is 1. The molecule has 0 aliphatic rings. The Kier molecular flexibility index (Phi) is 4.47. The molecule has 1 aromatic rings. The van der Waals surface area contributed by atoms with E-state index in [-0.39, 0.29) is 0 Å². The van der Waals surface area contributed by atoms with Crippen molar-refractivity contribution in [1.82, 2.24) is 4.98 Å². The molecule has 0 saturated carbocycles. The monoisotopic (exact) mass is 274 g/mol. The van der Waals surface area contributed by atoms with Gasteiger partial charge in [-0.1, -0.05) is 23.2 Å². The summed E-state index contributed by atoms with van der Waals surface area (Å²) in [5.41, 5.74) is -0.994. The van der Waals surface area contributed by atoms with Crippen LogP contribution in [0.2, 0.25) is 10.3 Å². The molecule has 1 heterocycles. The fraction of sp³-hybridized carbons (Fsp3) is 0.545. The maximum absolute atomic E-state index is 9.92. The van der Waals surface area contributed by atoms with Crippen LogP contribution < -0.4 is 5.46 Å². The van der Waals surface area contributed by atoms with E-state index in [0.717, 1.165) is 0 Å². The van der Waals surface area contributed by atoms with Gasteiger partial charge < -0.3 is 9.76 Å². The van der Waals surface area contributed by atoms with Crippen molar-refractivity contribution in [3.63, 3.8) is 0 Å². The average Bonchev–Trinajstić information content (AvgIpc) is 2.11. The zero-order valence-electron chi connectivity index (χ0n) is 10.3. The molecule has 1 radical (unpaired) electrons. The lowest BCUT2D eigenvalue weighted by molar-refractivity contribution is -0.0893. The molecule has 1 rings (SSSR count). The van der Waals surface area contributed by atoms with E-state index in [4.69, 9.17) is 27.9 Å². The molecule has 0 aliphatic heterocycles. The molecule has 0 unspecified atom stereocenters. The summed E-state index contributed by atoms with van der Waals surface area (Å²) in [6.07, 6.45) is 0. The van der Waals surface area contributed by atoms with Gasteiger partial charge in [0.2, 0.25) is 0 Å². The Bertz CT molecular complexity index is 385. The maximum atomic E-state index is 9.92. The Morgan fingerprint density at radius 1 is 1.18 bits per heavy atom. The van der Waals surface area contributed by atoms with E-state index in [9.17, 15) is 5.11 Å². The van der Waals surface area contributed by atoms with Crippen molar-refractivity contribution in [2.45, 2.75) is 38.9 Å². The zero-order chi connectivity index (χ0) is 13.3. The van der Waals surface area contributed by atoms with Crippen LogP contribution in [0, 0.1) is 0 Å². The molecule has 3 nitrogen and oxygen atoms in total. The van der Waals surface area contributed by atoms with Crippen LogP contribution in [0.15, 0.2) is 12.1 Å². The van der Waals surface area contributed by atoms with Crippen molar-refractivity contribution in [3.05, 3.63) is 22.4 Å². The normalized spacial score (nSPS) is 12.6. The van der Waals surface area contributed by atoms with Gasteiger partial charge in [-0.2, -0.15) is 0 Å². The minimum atomic E-state index is -0.968. The molecular weight excluding hydrogens is 260 g/mol. The van der Waals surface area contributed by atoms with Crippen LogP contribution in [0.4, 0.5) is 0 Å². The molecule has 1 N–H and O–H groups in total. The number of aromatic nitrogens is 1. The molecule has 6 heteroatoms. The van der Waals surface area contributed by atoms with E-state index in [1.165, 1.54) is 7.48 Å². The topological polar surface area (TPSA) is 42.4 Å². The smallest absolute Gasteiger partial charge is 0.331 e. The van der Waals surface area contributed by atoms with Gasteiger partial charge in [-0.3, -0.25) is 0 Å². The molecule has 17 heavy (non-hydrogen) atoms. The Morgan fingerprint density at radius 2 is 1.65 bits per heavy atom. The second-order valence-electron chi connectivity index (χ2n) is 4.85. The molecule has 0 aliphatic carbocycles. The average molecular weight is 275 g/mol. The standard InChI is InChI=1S/C11H15BCl2NO2/c1-10(2,16)11(3,4)17-12-7-5-8(13)15-9(14)6-7/h5-6,16H,1-4H3. The lowest BCUT2D eigenvalue weighted by Gasteiger charge is -2.37. The number of halogens is 2. The van der Waals surface area contributed by atoms with Crippen molar-refractivity contribution < 1.29 is 9.76 Å². The Hall–Kier alpha value is -0.285. The molecule has 1 aromatic heterocycles. The summed E-state index contributed by atoms with van der Waals surface area (Å²) in [6, 6.07) is 3.27. The van der Waals surface area contributed by atoms with Gasteiger partial charge in [0.05, 0.1) is 11.2 Å². The predicted octanol–water partition coefficient (Wildman–Crippen LogP) is 2.20.